The van der Waals surface area contributed by atoms with Crippen LogP contribution in [0.1, 0.15) is 11.1 Å². The molecule has 0 heterocycles. The van der Waals surface area contributed by atoms with Crippen LogP contribution in [-0.4, -0.2) is 18.5 Å². The smallest absolute Gasteiger partial charge is 0.310 e. The molecule has 0 aromatic heterocycles. The standard InChI is InChI=1S/C21H19NO3/c1-15-6-4-10-18(12-15)22-20(23)14-25-21(24)13-17-9-5-8-16-7-2-3-11-19(16)17/h2-12H,13-14H2,1H3,(H,22,23). The molecule has 126 valence electrons. The van der Waals surface area contributed by atoms with Crippen molar-refractivity contribution >= 4 is 28.3 Å². The Morgan fingerprint density at radius 1 is 0.960 bits per heavy atom. The number of hydrogen-bond donors (Lipinski definition) is 1. The molecule has 0 unspecified atom stereocenters. The van der Waals surface area contributed by atoms with Crippen molar-refractivity contribution in [1.82, 2.24) is 0 Å². The predicted octanol–water partition coefficient (Wildman–Crippen LogP) is 3.87. The summed E-state index contributed by atoms with van der Waals surface area (Å²) in [5.41, 5.74) is 2.63. The van der Waals surface area contributed by atoms with Crippen LogP contribution in [0.3, 0.4) is 0 Å². The van der Waals surface area contributed by atoms with E-state index in [1.54, 1.807) is 6.07 Å². The molecule has 0 aliphatic rings. The van der Waals surface area contributed by atoms with Crippen LogP contribution in [0.25, 0.3) is 10.8 Å². The van der Waals surface area contributed by atoms with Gasteiger partial charge in [0.1, 0.15) is 0 Å². The summed E-state index contributed by atoms with van der Waals surface area (Å²) in [7, 11) is 0. The third kappa shape index (κ3) is 4.44. The van der Waals surface area contributed by atoms with Gasteiger partial charge in [0.25, 0.3) is 5.91 Å². The molecule has 4 nitrogen and oxygen atoms in total. The maximum atomic E-state index is 12.1. The van der Waals surface area contributed by atoms with Crippen LogP contribution in [0, 0.1) is 6.92 Å². The zero-order valence-electron chi connectivity index (χ0n) is 14.0. The van der Waals surface area contributed by atoms with E-state index in [0.717, 1.165) is 21.9 Å². The van der Waals surface area contributed by atoms with Crippen LogP contribution in [0.2, 0.25) is 0 Å². The molecule has 1 N–H and O–H groups in total. The van der Waals surface area contributed by atoms with Crippen molar-refractivity contribution in [2.24, 2.45) is 0 Å². The van der Waals surface area contributed by atoms with Gasteiger partial charge in [-0.25, -0.2) is 0 Å². The average molecular weight is 333 g/mol. The maximum absolute atomic E-state index is 12.1. The molecule has 0 atom stereocenters. The molecule has 3 aromatic rings. The number of amides is 1. The van der Waals surface area contributed by atoms with Gasteiger partial charge < -0.3 is 10.1 Å². The highest BCUT2D eigenvalue weighted by Crippen LogP contribution is 2.19. The second-order valence-corrected chi connectivity index (χ2v) is 5.89. The predicted molar refractivity (Wildman–Crippen MR) is 98.4 cm³/mol. The number of esters is 1. The molecule has 1 amide bonds. The zero-order chi connectivity index (χ0) is 17.6. The molecule has 0 saturated carbocycles. The van der Waals surface area contributed by atoms with Gasteiger partial charge in [0.2, 0.25) is 0 Å². The van der Waals surface area contributed by atoms with Crippen molar-refractivity contribution in [1.29, 1.82) is 0 Å². The van der Waals surface area contributed by atoms with E-state index in [1.807, 2.05) is 67.6 Å². The largest absolute Gasteiger partial charge is 0.455 e. The number of anilines is 1. The Morgan fingerprint density at radius 2 is 1.72 bits per heavy atom. The van der Waals surface area contributed by atoms with Crippen molar-refractivity contribution in [2.75, 3.05) is 11.9 Å². The number of hydrogen-bond acceptors (Lipinski definition) is 3. The number of benzene rings is 3. The van der Waals surface area contributed by atoms with E-state index < -0.39 is 5.97 Å². The molecule has 0 fully saturated rings. The Balaban J connectivity index is 1.56. The fraction of sp³-hybridized carbons (Fsp3) is 0.143. The molecule has 0 radical (unpaired) electrons. The third-order valence-electron chi connectivity index (χ3n) is 3.88. The Hall–Kier alpha value is -3.14. The van der Waals surface area contributed by atoms with Gasteiger partial charge in [0.05, 0.1) is 6.42 Å². The Morgan fingerprint density at radius 3 is 2.56 bits per heavy atom. The van der Waals surface area contributed by atoms with Crippen molar-refractivity contribution in [3.8, 4) is 0 Å². The molecular formula is C21H19NO3. The van der Waals surface area contributed by atoms with Gasteiger partial charge in [-0.3, -0.25) is 9.59 Å². The van der Waals surface area contributed by atoms with Crippen LogP contribution in [-0.2, 0) is 20.7 Å². The summed E-state index contributed by atoms with van der Waals surface area (Å²) in [4.78, 5) is 24.0. The highest BCUT2D eigenvalue weighted by molar-refractivity contribution is 5.93. The fourth-order valence-electron chi connectivity index (χ4n) is 2.72. The molecule has 0 aliphatic carbocycles. The number of carbonyl (C=O) groups excluding carboxylic acids is 2. The Bertz CT molecular complexity index is 912. The SMILES string of the molecule is Cc1cccc(NC(=O)COC(=O)Cc2cccc3ccccc23)c1. The molecular weight excluding hydrogens is 314 g/mol. The summed E-state index contributed by atoms with van der Waals surface area (Å²) in [6, 6.07) is 21.1. The minimum Gasteiger partial charge on any atom is -0.455 e. The summed E-state index contributed by atoms with van der Waals surface area (Å²) < 4.78 is 5.11. The van der Waals surface area contributed by atoms with E-state index in [1.165, 1.54) is 0 Å². The lowest BCUT2D eigenvalue weighted by molar-refractivity contribution is -0.146. The van der Waals surface area contributed by atoms with Gasteiger partial charge in [-0.05, 0) is 41.0 Å². The summed E-state index contributed by atoms with van der Waals surface area (Å²) in [5.74, 6) is -0.771. The molecule has 0 saturated heterocycles. The summed E-state index contributed by atoms with van der Waals surface area (Å²) in [5, 5.41) is 4.81. The van der Waals surface area contributed by atoms with Gasteiger partial charge in [-0.15, -0.1) is 0 Å². The van der Waals surface area contributed by atoms with E-state index in [0.29, 0.717) is 5.69 Å². The first-order valence-corrected chi connectivity index (χ1v) is 8.10. The van der Waals surface area contributed by atoms with Crippen molar-refractivity contribution in [3.05, 3.63) is 77.9 Å². The highest BCUT2D eigenvalue weighted by Gasteiger charge is 2.11. The Kier molecular flexibility index (Phi) is 5.09. The van der Waals surface area contributed by atoms with E-state index in [-0.39, 0.29) is 18.9 Å². The fourth-order valence-corrected chi connectivity index (χ4v) is 2.72. The van der Waals surface area contributed by atoms with Crippen LogP contribution in [0.4, 0.5) is 5.69 Å². The molecule has 0 bridgehead atoms. The zero-order valence-corrected chi connectivity index (χ0v) is 14.0. The Labute approximate surface area is 146 Å². The van der Waals surface area contributed by atoms with Crippen molar-refractivity contribution in [3.63, 3.8) is 0 Å². The molecule has 3 aromatic carbocycles. The lowest BCUT2D eigenvalue weighted by Crippen LogP contribution is -2.21. The number of rotatable bonds is 5. The second-order valence-electron chi connectivity index (χ2n) is 5.89. The maximum Gasteiger partial charge on any atom is 0.310 e. The average Bonchev–Trinajstić information content (AvgIpc) is 2.60. The van der Waals surface area contributed by atoms with E-state index >= 15 is 0 Å². The van der Waals surface area contributed by atoms with E-state index in [9.17, 15) is 9.59 Å². The summed E-state index contributed by atoms with van der Waals surface area (Å²) in [6.45, 7) is 1.65. The van der Waals surface area contributed by atoms with Crippen LogP contribution in [0.15, 0.2) is 66.7 Å². The molecule has 0 aliphatic heterocycles. The van der Waals surface area contributed by atoms with Gasteiger partial charge in [0.15, 0.2) is 6.61 Å². The van der Waals surface area contributed by atoms with Crippen molar-refractivity contribution in [2.45, 2.75) is 13.3 Å². The lowest BCUT2D eigenvalue weighted by atomic mass is 10.0. The van der Waals surface area contributed by atoms with Gasteiger partial charge in [0, 0.05) is 5.69 Å². The molecule has 4 heteroatoms. The topological polar surface area (TPSA) is 55.4 Å². The first-order valence-electron chi connectivity index (χ1n) is 8.10. The number of fused-ring (bicyclic) bond motifs is 1. The van der Waals surface area contributed by atoms with Gasteiger partial charge >= 0.3 is 5.97 Å². The number of ether oxygens (including phenoxy) is 1. The number of nitrogens with one attached hydrogen (secondary N) is 1. The summed E-state index contributed by atoms with van der Waals surface area (Å²) >= 11 is 0. The first kappa shape index (κ1) is 16.7. The van der Waals surface area contributed by atoms with Crippen LogP contribution < -0.4 is 5.32 Å². The van der Waals surface area contributed by atoms with Crippen LogP contribution >= 0.6 is 0 Å². The molecule has 25 heavy (non-hydrogen) atoms. The molecule has 3 rings (SSSR count). The minimum atomic E-state index is -0.421. The monoisotopic (exact) mass is 333 g/mol. The second kappa shape index (κ2) is 7.62. The highest BCUT2D eigenvalue weighted by atomic mass is 16.5. The van der Waals surface area contributed by atoms with Crippen molar-refractivity contribution < 1.29 is 14.3 Å². The summed E-state index contributed by atoms with van der Waals surface area (Å²) in [6.07, 6.45) is 0.138. The van der Waals surface area contributed by atoms with Gasteiger partial charge in [-0.1, -0.05) is 54.6 Å². The third-order valence-corrected chi connectivity index (χ3v) is 3.88. The van der Waals surface area contributed by atoms with Crippen LogP contribution in [0.5, 0.6) is 0 Å². The van der Waals surface area contributed by atoms with E-state index in [4.69, 9.17) is 4.74 Å². The minimum absolute atomic E-state index is 0.138. The van der Waals surface area contributed by atoms with E-state index in [2.05, 4.69) is 5.32 Å². The molecule has 0 spiro atoms. The number of carbonyl (C=O) groups is 2. The quantitative estimate of drug-likeness (QED) is 0.721. The van der Waals surface area contributed by atoms with Gasteiger partial charge in [-0.2, -0.15) is 0 Å². The lowest BCUT2D eigenvalue weighted by Gasteiger charge is -2.08. The normalized spacial score (nSPS) is 10.4. The first-order chi connectivity index (χ1) is 12.1. The number of aryl methyl sites for hydroxylation is 1.